The zero-order chi connectivity index (χ0) is 16.2. The first-order chi connectivity index (χ1) is 11.1. The van der Waals surface area contributed by atoms with Crippen LogP contribution < -0.4 is 0 Å². The quantitative estimate of drug-likeness (QED) is 0.480. The number of halogens is 1. The van der Waals surface area contributed by atoms with E-state index < -0.39 is 0 Å². The van der Waals surface area contributed by atoms with Gasteiger partial charge >= 0.3 is 5.97 Å². The minimum atomic E-state index is -0.354. The van der Waals surface area contributed by atoms with E-state index in [9.17, 15) is 4.79 Å². The molecule has 3 rings (SSSR count). The summed E-state index contributed by atoms with van der Waals surface area (Å²) >= 11 is 2.22. The topological polar surface area (TPSA) is 69.9 Å². The molecular formula is C16H13IN4O2. The lowest BCUT2D eigenvalue weighted by molar-refractivity contribution is 0.0472. The third-order valence-electron chi connectivity index (χ3n) is 3.32. The lowest BCUT2D eigenvalue weighted by Gasteiger charge is -2.07. The van der Waals surface area contributed by atoms with Gasteiger partial charge in [-0.15, -0.1) is 5.10 Å². The Morgan fingerprint density at radius 3 is 2.57 bits per heavy atom. The van der Waals surface area contributed by atoms with Crippen LogP contribution in [-0.4, -0.2) is 26.2 Å². The highest BCUT2D eigenvalue weighted by molar-refractivity contribution is 14.1. The molecule has 1 aromatic heterocycles. The van der Waals surface area contributed by atoms with Crippen LogP contribution in [0, 0.1) is 3.57 Å². The molecule has 0 saturated heterocycles. The number of carbonyl (C=O) groups excluding carboxylic acids is 1. The summed E-state index contributed by atoms with van der Waals surface area (Å²) in [7, 11) is 1.76. The van der Waals surface area contributed by atoms with Gasteiger partial charge < -0.3 is 4.74 Å². The number of benzene rings is 2. The first-order valence-electron chi connectivity index (χ1n) is 6.88. The van der Waals surface area contributed by atoms with Crippen molar-refractivity contribution in [2.45, 2.75) is 6.61 Å². The number of aryl methyl sites for hydroxylation is 1. The van der Waals surface area contributed by atoms with Crippen LogP contribution in [0.2, 0.25) is 0 Å². The van der Waals surface area contributed by atoms with E-state index in [-0.39, 0.29) is 12.6 Å². The monoisotopic (exact) mass is 420 g/mol. The van der Waals surface area contributed by atoms with E-state index in [0.717, 1.165) is 14.7 Å². The fraction of sp³-hybridized carbons (Fsp3) is 0.125. The van der Waals surface area contributed by atoms with Crippen molar-refractivity contribution >= 4 is 28.6 Å². The number of esters is 1. The van der Waals surface area contributed by atoms with E-state index >= 15 is 0 Å². The molecule has 7 heteroatoms. The minimum Gasteiger partial charge on any atom is -0.457 e. The van der Waals surface area contributed by atoms with Gasteiger partial charge in [-0.25, -0.2) is 9.48 Å². The number of rotatable bonds is 4. The highest BCUT2D eigenvalue weighted by Gasteiger charge is 2.11. The fourth-order valence-electron chi connectivity index (χ4n) is 2.07. The molecule has 0 aliphatic heterocycles. The van der Waals surface area contributed by atoms with E-state index in [2.05, 4.69) is 38.1 Å². The summed E-state index contributed by atoms with van der Waals surface area (Å²) in [6.45, 7) is 0.257. The van der Waals surface area contributed by atoms with Gasteiger partial charge in [0.25, 0.3) is 0 Å². The normalized spacial score (nSPS) is 10.5. The molecule has 0 unspecified atom stereocenters. The number of aromatic nitrogens is 4. The SMILES string of the molecule is Cn1nnnc1-c1ccc(C(=O)OCc2ccccc2I)cc1. The molecule has 0 N–H and O–H groups in total. The Balaban J connectivity index is 1.69. The molecule has 0 atom stereocenters. The lowest BCUT2D eigenvalue weighted by atomic mass is 10.1. The average Bonchev–Trinajstić information content (AvgIpc) is 3.00. The van der Waals surface area contributed by atoms with Gasteiger partial charge in [-0.05, 0) is 51.2 Å². The predicted molar refractivity (Wildman–Crippen MR) is 92.5 cm³/mol. The molecule has 0 aliphatic rings. The second-order valence-corrected chi connectivity index (χ2v) is 6.03. The zero-order valence-corrected chi connectivity index (χ0v) is 14.5. The maximum Gasteiger partial charge on any atom is 0.338 e. The number of ether oxygens (including phenoxy) is 1. The largest absolute Gasteiger partial charge is 0.457 e. The van der Waals surface area contributed by atoms with Crippen molar-refractivity contribution in [3.05, 3.63) is 63.2 Å². The standard InChI is InChI=1S/C16H13IN4O2/c1-21-15(18-19-20-21)11-6-8-12(9-7-11)16(22)23-10-13-4-2-3-5-14(13)17/h2-9H,10H2,1H3. The fourth-order valence-corrected chi connectivity index (χ4v) is 2.61. The number of nitrogens with zero attached hydrogens (tertiary/aromatic N) is 4. The average molecular weight is 420 g/mol. The molecule has 2 aromatic carbocycles. The van der Waals surface area contributed by atoms with Gasteiger partial charge in [0.1, 0.15) is 6.61 Å². The molecule has 0 radical (unpaired) electrons. The molecule has 3 aromatic rings. The number of hydrogen-bond donors (Lipinski definition) is 0. The van der Waals surface area contributed by atoms with Gasteiger partial charge in [-0.2, -0.15) is 0 Å². The first kappa shape index (κ1) is 15.6. The molecule has 0 bridgehead atoms. The Morgan fingerprint density at radius 2 is 1.91 bits per heavy atom. The summed E-state index contributed by atoms with van der Waals surface area (Å²) in [6, 6.07) is 14.8. The number of hydrogen-bond acceptors (Lipinski definition) is 5. The van der Waals surface area contributed by atoms with Crippen molar-refractivity contribution in [3.63, 3.8) is 0 Å². The summed E-state index contributed by atoms with van der Waals surface area (Å²) in [5.74, 6) is 0.288. The third kappa shape index (κ3) is 3.55. The lowest BCUT2D eigenvalue weighted by Crippen LogP contribution is -2.06. The van der Waals surface area contributed by atoms with Crippen molar-refractivity contribution in [1.82, 2.24) is 20.2 Å². The van der Waals surface area contributed by atoms with Crippen molar-refractivity contribution in [2.75, 3.05) is 0 Å². The Hall–Kier alpha value is -2.29. The molecule has 1 heterocycles. The molecule has 0 saturated carbocycles. The number of tetrazole rings is 1. The maximum absolute atomic E-state index is 12.1. The van der Waals surface area contributed by atoms with Crippen molar-refractivity contribution < 1.29 is 9.53 Å². The Bertz CT molecular complexity index is 830. The summed E-state index contributed by atoms with van der Waals surface area (Å²) in [5.41, 5.74) is 2.32. The zero-order valence-electron chi connectivity index (χ0n) is 12.3. The van der Waals surface area contributed by atoms with E-state index in [1.807, 2.05) is 24.3 Å². The van der Waals surface area contributed by atoms with E-state index in [1.54, 1.807) is 36.0 Å². The highest BCUT2D eigenvalue weighted by Crippen LogP contribution is 2.17. The van der Waals surface area contributed by atoms with E-state index in [4.69, 9.17) is 4.74 Å². The van der Waals surface area contributed by atoms with E-state index in [1.165, 1.54) is 0 Å². The van der Waals surface area contributed by atoms with Gasteiger partial charge in [0.2, 0.25) is 0 Å². The smallest absolute Gasteiger partial charge is 0.338 e. The van der Waals surface area contributed by atoms with Crippen molar-refractivity contribution in [1.29, 1.82) is 0 Å². The summed E-state index contributed by atoms with van der Waals surface area (Å²) in [4.78, 5) is 12.1. The Kier molecular flexibility index (Phi) is 4.65. The molecular weight excluding hydrogens is 407 g/mol. The highest BCUT2D eigenvalue weighted by atomic mass is 127. The van der Waals surface area contributed by atoms with Crippen molar-refractivity contribution in [3.8, 4) is 11.4 Å². The van der Waals surface area contributed by atoms with Crippen LogP contribution >= 0.6 is 22.6 Å². The minimum absolute atomic E-state index is 0.257. The third-order valence-corrected chi connectivity index (χ3v) is 4.37. The summed E-state index contributed by atoms with van der Waals surface area (Å²) < 4.78 is 8.01. The second-order valence-electron chi connectivity index (χ2n) is 4.87. The predicted octanol–water partition coefficient (Wildman–Crippen LogP) is 2.84. The van der Waals surface area contributed by atoms with Crippen molar-refractivity contribution in [2.24, 2.45) is 7.05 Å². The van der Waals surface area contributed by atoms with E-state index in [0.29, 0.717) is 11.4 Å². The van der Waals surface area contributed by atoms with Crippen LogP contribution in [0.4, 0.5) is 0 Å². The van der Waals surface area contributed by atoms with Crippen LogP contribution in [0.5, 0.6) is 0 Å². The molecule has 0 fully saturated rings. The summed E-state index contributed by atoms with van der Waals surface area (Å²) in [5, 5.41) is 11.3. The maximum atomic E-state index is 12.1. The molecule has 23 heavy (non-hydrogen) atoms. The molecule has 116 valence electrons. The molecule has 0 amide bonds. The summed E-state index contributed by atoms with van der Waals surface area (Å²) in [6.07, 6.45) is 0. The second kappa shape index (κ2) is 6.86. The van der Waals surface area contributed by atoms with Gasteiger partial charge in [0.15, 0.2) is 5.82 Å². The number of carbonyl (C=O) groups is 1. The van der Waals surface area contributed by atoms with Crippen LogP contribution in [0.25, 0.3) is 11.4 Å². The van der Waals surface area contributed by atoms with Gasteiger partial charge in [0.05, 0.1) is 5.56 Å². The molecule has 0 spiro atoms. The Labute approximate surface area is 146 Å². The van der Waals surface area contributed by atoms with Crippen LogP contribution in [0.3, 0.4) is 0 Å². The van der Waals surface area contributed by atoms with Crippen LogP contribution in [0.15, 0.2) is 48.5 Å². The van der Waals surface area contributed by atoms with Gasteiger partial charge in [0, 0.05) is 21.7 Å². The van der Waals surface area contributed by atoms with Crippen LogP contribution in [0.1, 0.15) is 15.9 Å². The molecule has 0 aliphatic carbocycles. The first-order valence-corrected chi connectivity index (χ1v) is 7.96. The van der Waals surface area contributed by atoms with Crippen LogP contribution in [-0.2, 0) is 18.4 Å². The van der Waals surface area contributed by atoms with Gasteiger partial charge in [-0.1, -0.05) is 30.3 Å². The Morgan fingerprint density at radius 1 is 1.17 bits per heavy atom. The molecule has 6 nitrogen and oxygen atoms in total. The van der Waals surface area contributed by atoms with Gasteiger partial charge in [-0.3, -0.25) is 0 Å².